The molecule has 0 aliphatic carbocycles. The Bertz CT molecular complexity index is 907. The maximum atomic E-state index is 14.5. The van der Waals surface area contributed by atoms with Crippen LogP contribution in [-0.4, -0.2) is 52.2 Å². The van der Waals surface area contributed by atoms with Crippen LogP contribution >= 0.6 is 39.1 Å². The molecule has 132 valence electrons. The van der Waals surface area contributed by atoms with E-state index in [4.69, 9.17) is 28.3 Å². The highest BCUT2D eigenvalue weighted by molar-refractivity contribution is 9.10. The van der Waals surface area contributed by atoms with Gasteiger partial charge in [0.05, 0.1) is 9.50 Å². The lowest BCUT2D eigenvalue weighted by Gasteiger charge is -2.46. The summed E-state index contributed by atoms with van der Waals surface area (Å²) in [5, 5.41) is 9.71. The number of rotatable bonds is 1. The number of hydrogen-bond acceptors (Lipinski definition) is 4. The fourth-order valence-corrected chi connectivity index (χ4v) is 4.30. The number of carbonyl (C=O) groups is 1. The van der Waals surface area contributed by atoms with Crippen molar-refractivity contribution in [3.63, 3.8) is 0 Å². The zero-order valence-electron chi connectivity index (χ0n) is 12.8. The molecule has 2 fully saturated rings. The van der Waals surface area contributed by atoms with E-state index in [-0.39, 0.29) is 25.7 Å². The second-order valence-corrected chi connectivity index (χ2v) is 8.05. The summed E-state index contributed by atoms with van der Waals surface area (Å²) in [6, 6.07) is 1.62. The number of anilines is 1. The minimum absolute atomic E-state index is 0.0441. The topological polar surface area (TPSA) is 69.6 Å². The monoisotopic (exact) mass is 448 g/mol. The van der Waals surface area contributed by atoms with Gasteiger partial charge in [0.1, 0.15) is 11.3 Å². The van der Waals surface area contributed by atoms with Gasteiger partial charge in [0.15, 0.2) is 5.82 Å². The highest BCUT2D eigenvalue weighted by Crippen LogP contribution is 2.43. The summed E-state index contributed by atoms with van der Waals surface area (Å²) in [7, 11) is 0. The second kappa shape index (κ2) is 5.82. The average Bonchev–Trinajstić information content (AvgIpc) is 2.97. The Morgan fingerprint density at radius 2 is 2.04 bits per heavy atom. The number of aromatic nitrogens is 2. The molecule has 2 aliphatic heterocycles. The Morgan fingerprint density at radius 3 is 2.72 bits per heavy atom. The van der Waals surface area contributed by atoms with Gasteiger partial charge in [0.25, 0.3) is 0 Å². The van der Waals surface area contributed by atoms with Crippen LogP contribution < -0.4 is 4.90 Å². The fraction of sp³-hybridized carbons (Fsp3) is 0.400. The summed E-state index contributed by atoms with van der Waals surface area (Å²) in [6.45, 7) is 2.31. The van der Waals surface area contributed by atoms with Crippen molar-refractivity contribution in [1.82, 2.24) is 14.9 Å². The summed E-state index contributed by atoms with van der Waals surface area (Å²) in [5.74, 6) is -0.0587. The van der Waals surface area contributed by atoms with Crippen LogP contribution in [0.15, 0.2) is 10.5 Å². The normalized spacial score (nSPS) is 18.9. The average molecular weight is 450 g/mol. The van der Waals surface area contributed by atoms with Crippen LogP contribution in [0.5, 0.6) is 0 Å². The minimum atomic E-state index is -0.904. The summed E-state index contributed by atoms with van der Waals surface area (Å²) < 4.78 is 14.6. The van der Waals surface area contributed by atoms with E-state index in [0.29, 0.717) is 37.4 Å². The predicted molar refractivity (Wildman–Crippen MR) is 96.1 cm³/mol. The van der Waals surface area contributed by atoms with Gasteiger partial charge < -0.3 is 14.9 Å². The molecule has 3 heterocycles. The lowest BCUT2D eigenvalue weighted by molar-refractivity contribution is 0.0252. The van der Waals surface area contributed by atoms with Gasteiger partial charge in [-0.25, -0.2) is 14.2 Å². The Morgan fingerprint density at radius 1 is 1.32 bits per heavy atom. The van der Waals surface area contributed by atoms with E-state index in [1.165, 1.54) is 4.90 Å². The lowest BCUT2D eigenvalue weighted by atomic mass is 9.79. The predicted octanol–water partition coefficient (Wildman–Crippen LogP) is 4.03. The molecule has 1 spiro atoms. The van der Waals surface area contributed by atoms with E-state index < -0.39 is 11.9 Å². The molecular formula is C15H12BrCl2FN4O2. The van der Waals surface area contributed by atoms with Gasteiger partial charge in [-0.1, -0.05) is 11.6 Å². The molecule has 2 saturated heterocycles. The van der Waals surface area contributed by atoms with Crippen molar-refractivity contribution in [2.45, 2.75) is 6.42 Å². The van der Waals surface area contributed by atoms with Gasteiger partial charge >= 0.3 is 6.09 Å². The third-order valence-corrected chi connectivity index (χ3v) is 6.31. The Balaban J connectivity index is 1.72. The van der Waals surface area contributed by atoms with E-state index in [9.17, 15) is 9.18 Å². The molecule has 1 N–H and O–H groups in total. The maximum absolute atomic E-state index is 14.5. The van der Waals surface area contributed by atoms with Crippen LogP contribution in [0.2, 0.25) is 10.3 Å². The summed E-state index contributed by atoms with van der Waals surface area (Å²) >= 11 is 15.2. The molecule has 0 bridgehead atoms. The maximum Gasteiger partial charge on any atom is 0.407 e. The Labute approximate surface area is 160 Å². The zero-order chi connectivity index (χ0) is 17.9. The molecule has 1 aromatic heterocycles. The highest BCUT2D eigenvalue weighted by atomic mass is 79.9. The quantitative estimate of drug-likeness (QED) is 0.525. The number of hydrogen-bond donors (Lipinski definition) is 1. The number of amides is 1. The first kappa shape index (κ1) is 17.1. The largest absolute Gasteiger partial charge is 0.465 e. The van der Waals surface area contributed by atoms with Crippen molar-refractivity contribution in [3.8, 4) is 0 Å². The van der Waals surface area contributed by atoms with Crippen LogP contribution in [0.3, 0.4) is 0 Å². The van der Waals surface area contributed by atoms with Gasteiger partial charge in [-0.2, -0.15) is 4.98 Å². The van der Waals surface area contributed by atoms with Crippen molar-refractivity contribution in [3.05, 3.63) is 26.7 Å². The smallest absolute Gasteiger partial charge is 0.407 e. The van der Waals surface area contributed by atoms with Gasteiger partial charge in [-0.15, -0.1) is 0 Å². The summed E-state index contributed by atoms with van der Waals surface area (Å²) in [4.78, 5) is 22.7. The van der Waals surface area contributed by atoms with Crippen LogP contribution in [-0.2, 0) is 0 Å². The molecule has 0 atom stereocenters. The van der Waals surface area contributed by atoms with E-state index in [1.54, 1.807) is 6.07 Å². The molecule has 0 radical (unpaired) electrons. The van der Waals surface area contributed by atoms with Crippen LogP contribution in [0.25, 0.3) is 10.9 Å². The molecule has 0 saturated carbocycles. The van der Waals surface area contributed by atoms with E-state index in [0.717, 1.165) is 6.42 Å². The van der Waals surface area contributed by atoms with Crippen LogP contribution in [0.4, 0.5) is 15.0 Å². The van der Waals surface area contributed by atoms with Gasteiger partial charge in [0, 0.05) is 37.0 Å². The van der Waals surface area contributed by atoms with E-state index in [1.807, 2.05) is 4.90 Å². The van der Waals surface area contributed by atoms with Crippen LogP contribution in [0, 0.1) is 11.2 Å². The summed E-state index contributed by atoms with van der Waals surface area (Å²) in [5.41, 5.74) is 0.0211. The Hall–Kier alpha value is -1.38. The number of carboxylic acid groups (broad SMARTS) is 1. The van der Waals surface area contributed by atoms with Gasteiger partial charge in [0.2, 0.25) is 5.28 Å². The number of halogens is 4. The van der Waals surface area contributed by atoms with Gasteiger partial charge in [-0.05, 0) is 40.0 Å². The first-order valence-corrected chi connectivity index (χ1v) is 9.08. The third-order valence-electron chi connectivity index (χ3n) is 4.84. The molecule has 4 rings (SSSR count). The first-order valence-electron chi connectivity index (χ1n) is 7.53. The Kier molecular flexibility index (Phi) is 3.97. The van der Waals surface area contributed by atoms with Crippen molar-refractivity contribution in [2.75, 3.05) is 31.1 Å². The molecule has 25 heavy (non-hydrogen) atoms. The second-order valence-electron chi connectivity index (χ2n) is 6.51. The van der Waals surface area contributed by atoms with Gasteiger partial charge in [-0.3, -0.25) is 0 Å². The third kappa shape index (κ3) is 2.71. The molecule has 1 aromatic carbocycles. The number of likely N-dealkylation sites (tertiary alicyclic amines) is 1. The fourth-order valence-electron chi connectivity index (χ4n) is 3.64. The van der Waals surface area contributed by atoms with Crippen molar-refractivity contribution in [1.29, 1.82) is 0 Å². The minimum Gasteiger partial charge on any atom is -0.465 e. The summed E-state index contributed by atoms with van der Waals surface area (Å²) in [6.07, 6.45) is -0.0644. The van der Waals surface area contributed by atoms with Crippen molar-refractivity contribution < 1.29 is 14.3 Å². The molecular weight excluding hydrogens is 438 g/mol. The van der Waals surface area contributed by atoms with Crippen molar-refractivity contribution >= 4 is 61.9 Å². The highest BCUT2D eigenvalue weighted by Gasteiger charge is 2.50. The standard InChI is InChI=1S/C15H12BrCl2FN4O2/c16-9-8(17)3-7-11(10(9)19)20-13(18)21-12(7)22-2-1-15(4-22)5-23(6-15)14(24)25/h3H,1-2,4-6H2,(H,24,25). The lowest BCUT2D eigenvalue weighted by Crippen LogP contribution is -2.59. The SMILES string of the molecule is O=C(O)N1CC2(CCN(c3nc(Cl)nc4c(F)c(Br)c(Cl)cc34)C2)C1. The molecule has 10 heteroatoms. The first-order chi connectivity index (χ1) is 11.8. The molecule has 1 amide bonds. The number of fused-ring (bicyclic) bond motifs is 1. The number of benzene rings is 1. The molecule has 2 aromatic rings. The van der Waals surface area contributed by atoms with E-state index in [2.05, 4.69) is 25.9 Å². The van der Waals surface area contributed by atoms with Crippen LogP contribution in [0.1, 0.15) is 6.42 Å². The molecule has 6 nitrogen and oxygen atoms in total. The zero-order valence-corrected chi connectivity index (χ0v) is 15.9. The molecule has 0 unspecified atom stereocenters. The molecule has 2 aliphatic rings. The van der Waals surface area contributed by atoms with E-state index >= 15 is 0 Å². The van der Waals surface area contributed by atoms with Crippen molar-refractivity contribution in [2.24, 2.45) is 5.41 Å². The number of nitrogens with zero attached hydrogens (tertiary/aromatic N) is 4.